The summed E-state index contributed by atoms with van der Waals surface area (Å²) in [6.45, 7) is 0. The van der Waals surface area contributed by atoms with Crippen molar-refractivity contribution in [2.24, 2.45) is 23.5 Å². The zero-order valence-electron chi connectivity index (χ0n) is 17.7. The lowest BCUT2D eigenvalue weighted by atomic mass is 9.84. The Bertz CT molecular complexity index is 882. The monoisotopic (exact) mass is 426 g/mol. The van der Waals surface area contributed by atoms with Gasteiger partial charge in [-0.15, -0.1) is 0 Å². The summed E-state index contributed by atoms with van der Waals surface area (Å²) in [5, 5.41) is 2.95. The number of pyridine rings is 1. The number of hydrogen-bond donors (Lipinski definition) is 2. The van der Waals surface area contributed by atoms with E-state index in [1.807, 2.05) is 0 Å². The smallest absolute Gasteiger partial charge is 0.325 e. The molecule has 0 aromatic carbocycles. The van der Waals surface area contributed by atoms with E-state index in [1.54, 1.807) is 18.3 Å². The zero-order chi connectivity index (χ0) is 21.5. The first-order valence-corrected chi connectivity index (χ1v) is 11.5. The lowest BCUT2D eigenvalue weighted by Gasteiger charge is -2.33. The number of amides is 4. The second-order valence-electron chi connectivity index (χ2n) is 9.65. The third kappa shape index (κ3) is 3.88. The van der Waals surface area contributed by atoms with Gasteiger partial charge in [-0.1, -0.05) is 6.42 Å². The van der Waals surface area contributed by atoms with E-state index in [-0.39, 0.29) is 41.6 Å². The highest BCUT2D eigenvalue weighted by molar-refractivity contribution is 6.04. The van der Waals surface area contributed by atoms with Gasteiger partial charge in [-0.25, -0.2) is 9.78 Å². The molecule has 31 heavy (non-hydrogen) atoms. The van der Waals surface area contributed by atoms with Crippen LogP contribution in [0.5, 0.6) is 5.88 Å². The quantitative estimate of drug-likeness (QED) is 0.679. The van der Waals surface area contributed by atoms with Gasteiger partial charge in [0.2, 0.25) is 5.88 Å². The van der Waals surface area contributed by atoms with Crippen molar-refractivity contribution in [2.75, 3.05) is 0 Å². The molecular formula is C23H30N4O4. The molecule has 2 heterocycles. The molecule has 1 aliphatic heterocycles. The summed E-state index contributed by atoms with van der Waals surface area (Å²) >= 11 is 0. The minimum absolute atomic E-state index is 0.0575. The van der Waals surface area contributed by atoms with Crippen molar-refractivity contribution >= 4 is 17.8 Å². The highest BCUT2D eigenvalue weighted by Gasteiger charge is 2.47. The number of ether oxygens (including phenoxy) is 1. The fourth-order valence-electron chi connectivity index (χ4n) is 6.27. The standard InChI is InChI=1S/C23H30N4O4/c24-20(28)18-2-1-9-25-21(18)31-17-7-5-16(6-8-17)27-22(29)19(26-23(27)30)12-15-11-13-3-4-14(15)10-13/h1-2,9,13-17,19H,3-8,10-12H2,(H2,24,28)(H,26,30)/t13-,14?,15?,16?,17?,19?/m0/s1. The lowest BCUT2D eigenvalue weighted by Crippen LogP contribution is -2.44. The third-order valence-corrected chi connectivity index (χ3v) is 7.80. The Hall–Kier alpha value is -2.64. The number of fused-ring (bicyclic) bond motifs is 2. The Labute approximate surface area is 181 Å². The van der Waals surface area contributed by atoms with Gasteiger partial charge >= 0.3 is 6.03 Å². The van der Waals surface area contributed by atoms with Crippen LogP contribution in [0.25, 0.3) is 0 Å². The fraction of sp³-hybridized carbons (Fsp3) is 0.652. The number of carbonyl (C=O) groups is 3. The van der Waals surface area contributed by atoms with Crippen LogP contribution in [0.15, 0.2) is 18.3 Å². The summed E-state index contributed by atoms with van der Waals surface area (Å²) in [6, 6.07) is 2.53. The molecule has 1 saturated heterocycles. The lowest BCUT2D eigenvalue weighted by molar-refractivity contribution is -0.130. The molecule has 1 aromatic rings. The molecule has 4 atom stereocenters. The number of primary amides is 1. The van der Waals surface area contributed by atoms with Crippen LogP contribution in [0.4, 0.5) is 4.79 Å². The molecule has 5 rings (SSSR count). The molecule has 0 spiro atoms. The van der Waals surface area contributed by atoms with Gasteiger partial charge in [0.05, 0.1) is 0 Å². The molecule has 4 amide bonds. The molecule has 1 aromatic heterocycles. The minimum atomic E-state index is -0.572. The molecule has 2 bridgehead atoms. The summed E-state index contributed by atoms with van der Waals surface area (Å²) in [5.74, 6) is 1.78. The molecule has 3 unspecified atom stereocenters. The van der Waals surface area contributed by atoms with Crippen LogP contribution in [-0.2, 0) is 4.79 Å². The van der Waals surface area contributed by atoms with Crippen LogP contribution in [0.2, 0.25) is 0 Å². The predicted octanol–water partition coefficient (Wildman–Crippen LogP) is 2.62. The van der Waals surface area contributed by atoms with Crippen molar-refractivity contribution in [3.63, 3.8) is 0 Å². The topological polar surface area (TPSA) is 115 Å². The molecule has 8 nitrogen and oxygen atoms in total. The van der Waals surface area contributed by atoms with E-state index >= 15 is 0 Å². The number of urea groups is 1. The van der Waals surface area contributed by atoms with Gasteiger partial charge in [-0.3, -0.25) is 14.5 Å². The first kappa shape index (κ1) is 20.3. The Morgan fingerprint density at radius 2 is 1.97 bits per heavy atom. The van der Waals surface area contributed by atoms with Crippen LogP contribution < -0.4 is 15.8 Å². The molecular weight excluding hydrogens is 396 g/mol. The number of rotatable bonds is 6. The predicted molar refractivity (Wildman–Crippen MR) is 112 cm³/mol. The van der Waals surface area contributed by atoms with E-state index in [2.05, 4.69) is 10.3 Å². The maximum atomic E-state index is 13.1. The molecule has 0 radical (unpaired) electrons. The van der Waals surface area contributed by atoms with Crippen molar-refractivity contribution in [2.45, 2.75) is 76.0 Å². The summed E-state index contributed by atoms with van der Waals surface area (Å²) in [7, 11) is 0. The number of aromatic nitrogens is 1. The van der Waals surface area contributed by atoms with Gasteiger partial charge in [0.25, 0.3) is 11.8 Å². The second kappa shape index (κ2) is 8.13. The SMILES string of the molecule is NC(=O)c1cccnc1OC1CCC(N2C(=O)NC(CC3C[C@H]4CCC3C4)C2=O)CC1. The van der Waals surface area contributed by atoms with Crippen molar-refractivity contribution in [3.05, 3.63) is 23.9 Å². The van der Waals surface area contributed by atoms with Crippen LogP contribution in [-0.4, -0.2) is 45.9 Å². The number of hydrogen-bond acceptors (Lipinski definition) is 5. The fourth-order valence-corrected chi connectivity index (χ4v) is 6.27. The zero-order valence-corrected chi connectivity index (χ0v) is 17.7. The summed E-state index contributed by atoms with van der Waals surface area (Å²) in [5.41, 5.74) is 5.66. The maximum absolute atomic E-state index is 13.1. The van der Waals surface area contributed by atoms with Crippen LogP contribution >= 0.6 is 0 Å². The van der Waals surface area contributed by atoms with E-state index < -0.39 is 5.91 Å². The number of imide groups is 1. The summed E-state index contributed by atoms with van der Waals surface area (Å²) in [4.78, 5) is 42.8. The van der Waals surface area contributed by atoms with Gasteiger partial charge in [0.15, 0.2) is 0 Å². The maximum Gasteiger partial charge on any atom is 0.325 e. The number of nitrogens with two attached hydrogens (primary N) is 1. The minimum Gasteiger partial charge on any atom is -0.474 e. The largest absolute Gasteiger partial charge is 0.474 e. The number of nitrogens with zero attached hydrogens (tertiary/aromatic N) is 2. The van der Waals surface area contributed by atoms with Crippen LogP contribution in [0.3, 0.4) is 0 Å². The van der Waals surface area contributed by atoms with Crippen LogP contribution in [0, 0.1) is 17.8 Å². The van der Waals surface area contributed by atoms with E-state index in [0.717, 1.165) is 18.3 Å². The molecule has 3 aliphatic carbocycles. The van der Waals surface area contributed by atoms with Gasteiger partial charge in [0.1, 0.15) is 17.7 Å². The summed E-state index contributed by atoms with van der Waals surface area (Å²) < 4.78 is 5.93. The average molecular weight is 427 g/mol. The van der Waals surface area contributed by atoms with E-state index in [9.17, 15) is 14.4 Å². The highest BCUT2D eigenvalue weighted by Crippen LogP contribution is 2.50. The second-order valence-corrected chi connectivity index (χ2v) is 9.65. The average Bonchev–Trinajstić information content (AvgIpc) is 3.45. The van der Waals surface area contributed by atoms with E-state index in [0.29, 0.717) is 31.6 Å². The molecule has 8 heteroatoms. The Morgan fingerprint density at radius 3 is 2.65 bits per heavy atom. The first-order valence-electron chi connectivity index (χ1n) is 11.5. The van der Waals surface area contributed by atoms with E-state index in [1.165, 1.54) is 30.6 Å². The van der Waals surface area contributed by atoms with Crippen molar-refractivity contribution in [1.29, 1.82) is 0 Å². The molecule has 166 valence electrons. The molecule has 3 saturated carbocycles. The molecule has 4 aliphatic rings. The Balaban J connectivity index is 1.16. The normalized spacial score (nSPS) is 34.8. The first-order chi connectivity index (χ1) is 15.0. The van der Waals surface area contributed by atoms with Gasteiger partial charge < -0.3 is 15.8 Å². The van der Waals surface area contributed by atoms with Crippen molar-refractivity contribution < 1.29 is 19.1 Å². The Morgan fingerprint density at radius 1 is 1.16 bits per heavy atom. The Kier molecular flexibility index (Phi) is 5.32. The number of carbonyl (C=O) groups excluding carboxylic acids is 3. The molecule has 4 fully saturated rings. The van der Waals surface area contributed by atoms with Crippen molar-refractivity contribution in [3.8, 4) is 5.88 Å². The van der Waals surface area contributed by atoms with Crippen molar-refractivity contribution in [1.82, 2.24) is 15.2 Å². The van der Waals surface area contributed by atoms with E-state index in [4.69, 9.17) is 10.5 Å². The van der Waals surface area contributed by atoms with Gasteiger partial charge in [-0.2, -0.15) is 0 Å². The van der Waals surface area contributed by atoms with Crippen LogP contribution in [0.1, 0.15) is 68.1 Å². The molecule has 3 N–H and O–H groups in total. The van der Waals surface area contributed by atoms with Gasteiger partial charge in [0, 0.05) is 12.2 Å². The summed E-state index contributed by atoms with van der Waals surface area (Å²) in [6.07, 6.45) is 10.1. The third-order valence-electron chi connectivity index (χ3n) is 7.80. The number of nitrogens with one attached hydrogen (secondary N) is 1. The van der Waals surface area contributed by atoms with Gasteiger partial charge in [-0.05, 0) is 81.3 Å². The highest BCUT2D eigenvalue weighted by atomic mass is 16.5.